The zero-order chi connectivity index (χ0) is 18.4. The van der Waals surface area contributed by atoms with Gasteiger partial charge in [-0.15, -0.1) is 12.4 Å². The summed E-state index contributed by atoms with van der Waals surface area (Å²) in [5, 5.41) is 6.25. The molecule has 0 aromatic heterocycles. The van der Waals surface area contributed by atoms with Gasteiger partial charge in [0.15, 0.2) is 0 Å². The van der Waals surface area contributed by atoms with Gasteiger partial charge in [0, 0.05) is 50.1 Å². The summed E-state index contributed by atoms with van der Waals surface area (Å²) >= 11 is 1.86. The molecule has 2 N–H and O–H groups in total. The largest absolute Gasteiger partial charge is 0.352 e. The van der Waals surface area contributed by atoms with E-state index in [1.54, 1.807) is 22.5 Å². The summed E-state index contributed by atoms with van der Waals surface area (Å²) in [6.07, 6.45) is 3.39. The number of halogens is 1. The molecule has 1 unspecified atom stereocenters. The van der Waals surface area contributed by atoms with Gasteiger partial charge in [0.25, 0.3) is 0 Å². The van der Waals surface area contributed by atoms with Crippen LogP contribution in [0.4, 0.5) is 0 Å². The lowest BCUT2D eigenvalue weighted by Crippen LogP contribution is -2.41. The smallest absolute Gasteiger partial charge is 0.243 e. The molecule has 27 heavy (non-hydrogen) atoms. The summed E-state index contributed by atoms with van der Waals surface area (Å²) in [5.41, 5.74) is 0.808. The lowest BCUT2D eigenvalue weighted by molar-refractivity contribution is -0.121. The van der Waals surface area contributed by atoms with Crippen molar-refractivity contribution in [3.63, 3.8) is 0 Å². The van der Waals surface area contributed by atoms with Gasteiger partial charge in [-0.1, -0.05) is 18.6 Å². The van der Waals surface area contributed by atoms with Crippen LogP contribution in [0.15, 0.2) is 29.2 Å². The van der Waals surface area contributed by atoms with Crippen molar-refractivity contribution in [2.45, 2.75) is 43.2 Å². The second-order valence-corrected chi connectivity index (χ2v) is 9.91. The average molecular weight is 434 g/mol. The zero-order valence-electron chi connectivity index (χ0n) is 15.4. The first-order valence-corrected chi connectivity index (χ1v) is 11.8. The predicted octanol–water partition coefficient (Wildman–Crippen LogP) is 1.99. The van der Waals surface area contributed by atoms with E-state index in [0.29, 0.717) is 31.0 Å². The van der Waals surface area contributed by atoms with Crippen molar-refractivity contribution in [1.29, 1.82) is 0 Å². The first-order valence-electron chi connectivity index (χ1n) is 9.22. The molecule has 6 nitrogen and oxygen atoms in total. The first-order chi connectivity index (χ1) is 12.6. The molecule has 2 fully saturated rings. The molecule has 9 heteroatoms. The maximum Gasteiger partial charge on any atom is 0.243 e. The Hall–Kier alpha value is -0.800. The Morgan fingerprint density at radius 1 is 1.26 bits per heavy atom. The summed E-state index contributed by atoms with van der Waals surface area (Å²) in [6.45, 7) is 2.48. The third-order valence-corrected chi connectivity index (χ3v) is 7.80. The van der Waals surface area contributed by atoms with Crippen LogP contribution < -0.4 is 10.6 Å². The minimum atomic E-state index is -3.44. The van der Waals surface area contributed by atoms with E-state index in [1.165, 1.54) is 0 Å². The van der Waals surface area contributed by atoms with Crippen molar-refractivity contribution in [3.8, 4) is 0 Å². The molecule has 0 radical (unpaired) electrons. The van der Waals surface area contributed by atoms with E-state index in [2.05, 4.69) is 10.6 Å². The molecular formula is C18H28ClN3O3S2. The molecule has 0 aliphatic carbocycles. The monoisotopic (exact) mass is 433 g/mol. The van der Waals surface area contributed by atoms with E-state index in [-0.39, 0.29) is 24.4 Å². The molecule has 2 saturated heterocycles. The van der Waals surface area contributed by atoms with E-state index < -0.39 is 10.0 Å². The van der Waals surface area contributed by atoms with Crippen LogP contribution in [0, 0.1) is 0 Å². The van der Waals surface area contributed by atoms with Crippen LogP contribution in [-0.2, 0) is 21.4 Å². The molecule has 2 aliphatic rings. The van der Waals surface area contributed by atoms with Crippen molar-refractivity contribution in [2.24, 2.45) is 0 Å². The van der Waals surface area contributed by atoms with Crippen LogP contribution in [-0.4, -0.2) is 55.8 Å². The predicted molar refractivity (Wildman–Crippen MR) is 112 cm³/mol. The SMILES string of the molecule is Cl.O=C(CC1CSCCN1)NCc1cccc(S(=O)(=O)N2CCCCC2)c1. The van der Waals surface area contributed by atoms with Crippen LogP contribution in [0.3, 0.4) is 0 Å². The fourth-order valence-electron chi connectivity index (χ4n) is 3.32. The van der Waals surface area contributed by atoms with Gasteiger partial charge in [0.05, 0.1) is 4.90 Å². The maximum absolute atomic E-state index is 12.8. The Morgan fingerprint density at radius 2 is 2.04 bits per heavy atom. The number of rotatable bonds is 6. The Bertz CT molecular complexity index is 718. The molecule has 1 aromatic rings. The lowest BCUT2D eigenvalue weighted by Gasteiger charge is -2.26. The lowest BCUT2D eigenvalue weighted by atomic mass is 10.2. The van der Waals surface area contributed by atoms with Crippen LogP contribution in [0.1, 0.15) is 31.2 Å². The first kappa shape index (κ1) is 22.5. The van der Waals surface area contributed by atoms with Crippen molar-refractivity contribution in [3.05, 3.63) is 29.8 Å². The fraction of sp³-hybridized carbons (Fsp3) is 0.611. The number of piperidine rings is 1. The van der Waals surface area contributed by atoms with Crippen molar-refractivity contribution < 1.29 is 13.2 Å². The molecular weight excluding hydrogens is 406 g/mol. The van der Waals surface area contributed by atoms with E-state index in [9.17, 15) is 13.2 Å². The van der Waals surface area contributed by atoms with Crippen molar-refractivity contribution >= 4 is 40.1 Å². The summed E-state index contributed by atoms with van der Waals surface area (Å²) in [5.74, 6) is 2.04. The standard InChI is InChI=1S/C18H27N3O3S2.ClH/c22-18(12-16-14-25-10-7-19-16)20-13-15-5-4-6-17(11-15)26(23,24)21-8-2-1-3-9-21;/h4-6,11,16,19H,1-3,7-10,12-14H2,(H,20,22);1H. The summed E-state index contributed by atoms with van der Waals surface area (Å²) in [7, 11) is -3.44. The molecule has 0 spiro atoms. The molecule has 1 atom stereocenters. The van der Waals surface area contributed by atoms with E-state index >= 15 is 0 Å². The quantitative estimate of drug-likeness (QED) is 0.717. The normalized spacial score (nSPS) is 21.3. The third-order valence-electron chi connectivity index (χ3n) is 4.77. The number of thioether (sulfide) groups is 1. The zero-order valence-corrected chi connectivity index (χ0v) is 17.8. The van der Waals surface area contributed by atoms with Crippen molar-refractivity contribution in [2.75, 3.05) is 31.1 Å². The number of hydrogen-bond donors (Lipinski definition) is 2. The van der Waals surface area contributed by atoms with Gasteiger partial charge in [-0.2, -0.15) is 16.1 Å². The number of sulfonamides is 1. The third kappa shape index (κ3) is 6.35. The Kier molecular flexibility index (Phi) is 8.88. The summed E-state index contributed by atoms with van der Waals surface area (Å²) in [6, 6.07) is 7.14. The van der Waals surface area contributed by atoms with E-state index in [4.69, 9.17) is 0 Å². The van der Waals surface area contributed by atoms with E-state index in [1.807, 2.05) is 17.8 Å². The number of benzene rings is 1. The van der Waals surface area contributed by atoms with Crippen LogP contribution in [0.25, 0.3) is 0 Å². The number of nitrogens with one attached hydrogen (secondary N) is 2. The minimum Gasteiger partial charge on any atom is -0.352 e. The van der Waals surface area contributed by atoms with Gasteiger partial charge < -0.3 is 10.6 Å². The van der Waals surface area contributed by atoms with Gasteiger partial charge in [-0.05, 0) is 30.5 Å². The van der Waals surface area contributed by atoms with Crippen LogP contribution in [0.5, 0.6) is 0 Å². The van der Waals surface area contributed by atoms with Gasteiger partial charge >= 0.3 is 0 Å². The minimum absolute atomic E-state index is 0. The molecule has 2 heterocycles. The molecule has 0 bridgehead atoms. The van der Waals surface area contributed by atoms with Gasteiger partial charge in [-0.25, -0.2) is 8.42 Å². The number of carbonyl (C=O) groups excluding carboxylic acids is 1. The number of carbonyl (C=O) groups is 1. The number of amides is 1. The molecule has 2 aliphatic heterocycles. The second-order valence-electron chi connectivity index (χ2n) is 6.82. The number of hydrogen-bond acceptors (Lipinski definition) is 5. The topological polar surface area (TPSA) is 78.5 Å². The van der Waals surface area contributed by atoms with Gasteiger partial charge in [0.1, 0.15) is 0 Å². The summed E-state index contributed by atoms with van der Waals surface area (Å²) < 4.78 is 27.1. The Morgan fingerprint density at radius 3 is 2.74 bits per heavy atom. The van der Waals surface area contributed by atoms with Crippen molar-refractivity contribution in [1.82, 2.24) is 14.9 Å². The van der Waals surface area contributed by atoms with Crippen LogP contribution >= 0.6 is 24.2 Å². The number of nitrogens with zero attached hydrogens (tertiary/aromatic N) is 1. The molecule has 3 rings (SSSR count). The highest BCUT2D eigenvalue weighted by molar-refractivity contribution is 7.99. The second kappa shape index (κ2) is 10.7. The Labute approximate surface area is 172 Å². The molecule has 1 amide bonds. The van der Waals surface area contributed by atoms with Crippen LogP contribution in [0.2, 0.25) is 0 Å². The highest BCUT2D eigenvalue weighted by Gasteiger charge is 2.26. The average Bonchev–Trinajstić information content (AvgIpc) is 2.68. The van der Waals surface area contributed by atoms with E-state index in [0.717, 1.165) is 42.9 Å². The van der Waals surface area contributed by atoms with Gasteiger partial charge in [0.2, 0.25) is 15.9 Å². The maximum atomic E-state index is 12.8. The fourth-order valence-corrected chi connectivity index (χ4v) is 5.85. The Balaban J connectivity index is 0.00000261. The highest BCUT2D eigenvalue weighted by Crippen LogP contribution is 2.21. The van der Waals surface area contributed by atoms with Gasteiger partial charge in [-0.3, -0.25) is 4.79 Å². The molecule has 0 saturated carbocycles. The summed E-state index contributed by atoms with van der Waals surface area (Å²) in [4.78, 5) is 12.4. The molecule has 1 aromatic carbocycles. The highest BCUT2D eigenvalue weighted by atomic mass is 35.5. The molecule has 152 valence electrons.